The van der Waals surface area contributed by atoms with Gasteiger partial charge in [0.15, 0.2) is 0 Å². The molecule has 2 heterocycles. The monoisotopic (exact) mass is 238 g/mol. The van der Waals surface area contributed by atoms with Gasteiger partial charge in [-0.15, -0.1) is 0 Å². The van der Waals surface area contributed by atoms with Crippen molar-refractivity contribution in [2.75, 3.05) is 13.2 Å². The summed E-state index contributed by atoms with van der Waals surface area (Å²) >= 11 is 0. The Morgan fingerprint density at radius 2 is 2.24 bits per heavy atom. The van der Waals surface area contributed by atoms with Crippen LogP contribution in [0.15, 0.2) is 0 Å². The lowest BCUT2D eigenvalue weighted by molar-refractivity contribution is -0.136. The second-order valence-corrected chi connectivity index (χ2v) is 4.47. The van der Waals surface area contributed by atoms with Crippen molar-refractivity contribution in [1.82, 2.24) is 9.97 Å². The number of aliphatic carboxylic acids is 1. The predicted molar refractivity (Wildman–Crippen MR) is 62.1 cm³/mol. The van der Waals surface area contributed by atoms with E-state index in [1.165, 1.54) is 0 Å². The molecule has 5 heteroatoms. The Hall–Kier alpha value is -1.36. The highest BCUT2D eigenvalue weighted by molar-refractivity contribution is 5.67. The molecule has 0 unspecified atom stereocenters. The first kappa shape index (κ1) is 12.1. The summed E-state index contributed by atoms with van der Waals surface area (Å²) in [4.78, 5) is 18.3. The van der Waals surface area contributed by atoms with Crippen LogP contribution in [-0.2, 0) is 16.0 Å². The van der Waals surface area contributed by atoms with Gasteiger partial charge < -0.3 is 14.8 Å². The zero-order valence-corrected chi connectivity index (χ0v) is 10.0. The summed E-state index contributed by atoms with van der Waals surface area (Å²) in [5, 5.41) is 8.67. The van der Waals surface area contributed by atoms with E-state index < -0.39 is 5.97 Å². The molecule has 0 amide bonds. The van der Waals surface area contributed by atoms with Crippen molar-refractivity contribution in [3.63, 3.8) is 0 Å². The first-order valence-corrected chi connectivity index (χ1v) is 6.01. The van der Waals surface area contributed by atoms with Crippen LogP contribution >= 0.6 is 0 Å². The lowest BCUT2D eigenvalue weighted by Gasteiger charge is -2.19. The van der Waals surface area contributed by atoms with E-state index in [1.807, 2.05) is 6.92 Å². The van der Waals surface area contributed by atoms with E-state index in [2.05, 4.69) is 9.97 Å². The maximum absolute atomic E-state index is 10.5. The number of carboxylic acid groups (broad SMARTS) is 1. The minimum atomic E-state index is -0.778. The number of ether oxygens (including phenoxy) is 1. The quantitative estimate of drug-likeness (QED) is 0.836. The fraction of sp³-hybridized carbons (Fsp3) is 0.667. The summed E-state index contributed by atoms with van der Waals surface area (Å²) in [6.07, 6.45) is 2.62. The third kappa shape index (κ3) is 3.06. The highest BCUT2D eigenvalue weighted by Crippen LogP contribution is 2.25. The Kier molecular flexibility index (Phi) is 3.78. The summed E-state index contributed by atoms with van der Waals surface area (Å²) in [5.74, 6) is 0.646. The molecule has 0 aromatic carbocycles. The molecular formula is C12H18N2O3. The van der Waals surface area contributed by atoms with E-state index >= 15 is 0 Å². The molecule has 0 saturated carbocycles. The fourth-order valence-corrected chi connectivity index (χ4v) is 2.15. The van der Waals surface area contributed by atoms with E-state index in [4.69, 9.17) is 9.84 Å². The van der Waals surface area contributed by atoms with Gasteiger partial charge in [-0.25, -0.2) is 4.98 Å². The summed E-state index contributed by atoms with van der Waals surface area (Å²) < 4.78 is 5.32. The van der Waals surface area contributed by atoms with Crippen LogP contribution in [0.4, 0.5) is 0 Å². The molecule has 0 radical (unpaired) electrons. The zero-order valence-electron chi connectivity index (χ0n) is 10.0. The summed E-state index contributed by atoms with van der Waals surface area (Å²) in [7, 11) is 0. The lowest BCUT2D eigenvalue weighted by atomic mass is 10.00. The average Bonchev–Trinajstić information content (AvgIpc) is 2.69. The van der Waals surface area contributed by atoms with Gasteiger partial charge in [-0.05, 0) is 19.8 Å². The minimum absolute atomic E-state index is 0.138. The Morgan fingerprint density at radius 3 is 2.88 bits per heavy atom. The van der Waals surface area contributed by atoms with Crippen molar-refractivity contribution in [1.29, 1.82) is 0 Å². The Labute approximate surface area is 100 Å². The molecule has 1 saturated heterocycles. The van der Waals surface area contributed by atoms with Crippen LogP contribution in [-0.4, -0.2) is 34.3 Å². The number of aromatic amines is 1. The minimum Gasteiger partial charge on any atom is -0.481 e. The number of rotatable bonds is 4. The number of hydrogen-bond acceptors (Lipinski definition) is 3. The average molecular weight is 238 g/mol. The highest BCUT2D eigenvalue weighted by atomic mass is 16.5. The van der Waals surface area contributed by atoms with E-state index in [9.17, 15) is 4.79 Å². The number of aromatic nitrogens is 2. The molecule has 0 atom stereocenters. The number of hydrogen-bond donors (Lipinski definition) is 2. The van der Waals surface area contributed by atoms with Crippen LogP contribution < -0.4 is 0 Å². The lowest BCUT2D eigenvalue weighted by Crippen LogP contribution is -2.15. The SMILES string of the molecule is Cc1[nH]c(C2CCOCC2)nc1CCC(=O)O. The van der Waals surface area contributed by atoms with Gasteiger partial charge in [0.05, 0.1) is 12.1 Å². The topological polar surface area (TPSA) is 75.2 Å². The van der Waals surface area contributed by atoms with Gasteiger partial charge in [-0.2, -0.15) is 0 Å². The molecule has 0 bridgehead atoms. The number of aryl methyl sites for hydroxylation is 2. The highest BCUT2D eigenvalue weighted by Gasteiger charge is 2.20. The third-order valence-corrected chi connectivity index (χ3v) is 3.19. The van der Waals surface area contributed by atoms with E-state index in [0.717, 1.165) is 43.3 Å². The smallest absolute Gasteiger partial charge is 0.303 e. The zero-order chi connectivity index (χ0) is 12.3. The Morgan fingerprint density at radius 1 is 1.53 bits per heavy atom. The van der Waals surface area contributed by atoms with Crippen LogP contribution in [0, 0.1) is 6.92 Å². The van der Waals surface area contributed by atoms with E-state index in [-0.39, 0.29) is 6.42 Å². The first-order valence-electron chi connectivity index (χ1n) is 6.01. The van der Waals surface area contributed by atoms with Crippen LogP contribution in [0.2, 0.25) is 0 Å². The second-order valence-electron chi connectivity index (χ2n) is 4.47. The number of nitrogens with one attached hydrogen (secondary N) is 1. The molecule has 0 aliphatic carbocycles. The number of carboxylic acids is 1. The van der Waals surface area contributed by atoms with Crippen molar-refractivity contribution in [3.8, 4) is 0 Å². The number of imidazole rings is 1. The molecule has 2 N–H and O–H groups in total. The maximum atomic E-state index is 10.5. The molecule has 1 aromatic rings. The molecule has 1 aliphatic rings. The number of carbonyl (C=O) groups is 1. The van der Waals surface area contributed by atoms with E-state index in [0.29, 0.717) is 12.3 Å². The molecule has 2 rings (SSSR count). The standard InChI is InChI=1S/C12H18N2O3/c1-8-10(2-3-11(15)16)14-12(13-8)9-4-6-17-7-5-9/h9H,2-7H2,1H3,(H,13,14)(H,15,16). The largest absolute Gasteiger partial charge is 0.481 e. The number of nitrogens with zero attached hydrogens (tertiary/aromatic N) is 1. The molecule has 94 valence electrons. The number of H-pyrrole nitrogens is 1. The molecule has 1 fully saturated rings. The fourth-order valence-electron chi connectivity index (χ4n) is 2.15. The van der Waals surface area contributed by atoms with Crippen LogP contribution in [0.3, 0.4) is 0 Å². The third-order valence-electron chi connectivity index (χ3n) is 3.19. The van der Waals surface area contributed by atoms with Crippen molar-refractivity contribution < 1.29 is 14.6 Å². The van der Waals surface area contributed by atoms with Gasteiger partial charge in [-0.1, -0.05) is 0 Å². The van der Waals surface area contributed by atoms with Crippen LogP contribution in [0.5, 0.6) is 0 Å². The summed E-state index contributed by atoms with van der Waals surface area (Å²) in [5.41, 5.74) is 1.88. The maximum Gasteiger partial charge on any atom is 0.303 e. The molecule has 0 spiro atoms. The van der Waals surface area contributed by atoms with Gasteiger partial charge in [-0.3, -0.25) is 4.79 Å². The molecule has 5 nitrogen and oxygen atoms in total. The molecule has 1 aromatic heterocycles. The first-order chi connectivity index (χ1) is 8.16. The van der Waals surface area contributed by atoms with Crippen molar-refractivity contribution in [2.24, 2.45) is 0 Å². The van der Waals surface area contributed by atoms with Gasteiger partial charge in [0, 0.05) is 31.2 Å². The van der Waals surface area contributed by atoms with Gasteiger partial charge in [0.25, 0.3) is 0 Å². The van der Waals surface area contributed by atoms with Gasteiger partial charge in [0.2, 0.25) is 0 Å². The Bertz CT molecular complexity index is 394. The second kappa shape index (κ2) is 5.31. The van der Waals surface area contributed by atoms with Crippen molar-refractivity contribution in [2.45, 2.75) is 38.5 Å². The van der Waals surface area contributed by atoms with Gasteiger partial charge >= 0.3 is 5.97 Å². The van der Waals surface area contributed by atoms with Crippen molar-refractivity contribution in [3.05, 3.63) is 17.2 Å². The van der Waals surface area contributed by atoms with Crippen LogP contribution in [0.25, 0.3) is 0 Å². The van der Waals surface area contributed by atoms with Crippen molar-refractivity contribution >= 4 is 5.97 Å². The van der Waals surface area contributed by atoms with Gasteiger partial charge in [0.1, 0.15) is 5.82 Å². The normalized spacial score (nSPS) is 17.2. The predicted octanol–water partition coefficient (Wildman–Crippen LogP) is 1.63. The van der Waals surface area contributed by atoms with Crippen LogP contribution in [0.1, 0.15) is 42.4 Å². The molecular weight excluding hydrogens is 220 g/mol. The molecule has 17 heavy (non-hydrogen) atoms. The summed E-state index contributed by atoms with van der Waals surface area (Å²) in [6, 6.07) is 0. The van der Waals surface area contributed by atoms with E-state index in [1.54, 1.807) is 0 Å². The molecule has 1 aliphatic heterocycles. The summed E-state index contributed by atoms with van der Waals surface area (Å²) in [6.45, 7) is 3.52. The Balaban J connectivity index is 2.03.